The maximum atomic E-state index is 4.47. The zero-order valence-corrected chi connectivity index (χ0v) is 11.6. The van der Waals surface area contributed by atoms with E-state index in [2.05, 4.69) is 32.1 Å². The Hall–Kier alpha value is -1.72. The molecule has 0 amide bonds. The van der Waals surface area contributed by atoms with Crippen molar-refractivity contribution < 1.29 is 0 Å². The van der Waals surface area contributed by atoms with Gasteiger partial charge in [-0.15, -0.1) is 5.10 Å². The fraction of sp³-hybridized carbons (Fsp3) is 0.692. The van der Waals surface area contributed by atoms with Crippen LogP contribution in [-0.2, 0) is 7.05 Å². The first-order valence-electron chi connectivity index (χ1n) is 7.08. The van der Waals surface area contributed by atoms with E-state index in [-0.39, 0.29) is 0 Å². The van der Waals surface area contributed by atoms with Gasteiger partial charge in [0.05, 0.1) is 0 Å². The van der Waals surface area contributed by atoms with Crippen molar-refractivity contribution >= 4 is 17.0 Å². The molecule has 1 aliphatic carbocycles. The van der Waals surface area contributed by atoms with E-state index in [1.54, 1.807) is 11.0 Å². The summed E-state index contributed by atoms with van der Waals surface area (Å²) in [6.07, 6.45) is 8.11. The first kappa shape index (κ1) is 12.3. The van der Waals surface area contributed by atoms with Gasteiger partial charge < -0.3 is 4.90 Å². The molecule has 6 nitrogen and oxygen atoms in total. The highest BCUT2D eigenvalue weighted by Gasteiger charge is 2.24. The maximum absolute atomic E-state index is 4.47. The number of aryl methyl sites for hydroxylation is 1. The maximum Gasteiger partial charge on any atom is 0.183 e. The number of hydrogen-bond acceptors (Lipinski definition) is 5. The zero-order valence-electron chi connectivity index (χ0n) is 11.6. The monoisotopic (exact) mass is 260 g/mol. The van der Waals surface area contributed by atoms with Crippen LogP contribution in [0, 0.1) is 0 Å². The van der Waals surface area contributed by atoms with Crippen molar-refractivity contribution in [3.63, 3.8) is 0 Å². The van der Waals surface area contributed by atoms with E-state index >= 15 is 0 Å². The zero-order chi connectivity index (χ0) is 13.2. The summed E-state index contributed by atoms with van der Waals surface area (Å²) in [4.78, 5) is 11.1. The van der Waals surface area contributed by atoms with Gasteiger partial charge in [0.2, 0.25) is 0 Å². The lowest BCUT2D eigenvalue weighted by atomic mass is 9.94. The van der Waals surface area contributed by atoms with Gasteiger partial charge in [-0.2, -0.15) is 0 Å². The van der Waals surface area contributed by atoms with Crippen LogP contribution in [-0.4, -0.2) is 37.5 Å². The van der Waals surface area contributed by atoms with Gasteiger partial charge in [-0.1, -0.05) is 24.5 Å². The molecule has 0 bridgehead atoms. The van der Waals surface area contributed by atoms with Crippen LogP contribution in [0.2, 0.25) is 0 Å². The molecule has 0 aliphatic heterocycles. The Morgan fingerprint density at radius 3 is 2.79 bits per heavy atom. The van der Waals surface area contributed by atoms with Crippen LogP contribution in [0.15, 0.2) is 6.33 Å². The van der Waals surface area contributed by atoms with Crippen molar-refractivity contribution in [2.45, 2.75) is 45.1 Å². The van der Waals surface area contributed by atoms with Gasteiger partial charge in [0, 0.05) is 19.6 Å². The van der Waals surface area contributed by atoms with Crippen molar-refractivity contribution in [3.8, 4) is 0 Å². The molecule has 0 saturated heterocycles. The molecule has 0 atom stereocenters. The third kappa shape index (κ3) is 2.15. The van der Waals surface area contributed by atoms with E-state index in [1.165, 1.54) is 32.1 Å². The molecule has 1 fully saturated rings. The molecule has 19 heavy (non-hydrogen) atoms. The number of anilines is 1. The van der Waals surface area contributed by atoms with Gasteiger partial charge in [-0.05, 0) is 19.8 Å². The number of aromatic nitrogens is 5. The normalized spacial score (nSPS) is 16.9. The van der Waals surface area contributed by atoms with Crippen LogP contribution < -0.4 is 4.90 Å². The van der Waals surface area contributed by atoms with Gasteiger partial charge in [0.25, 0.3) is 0 Å². The third-order valence-corrected chi connectivity index (χ3v) is 4.00. The summed E-state index contributed by atoms with van der Waals surface area (Å²) in [5, 5.41) is 8.28. The number of nitrogens with zero attached hydrogens (tertiary/aromatic N) is 6. The largest absolute Gasteiger partial charge is 0.352 e. The molecule has 2 aromatic heterocycles. The Labute approximate surface area is 112 Å². The summed E-state index contributed by atoms with van der Waals surface area (Å²) in [5.41, 5.74) is 1.62. The second-order valence-electron chi connectivity index (χ2n) is 5.16. The second kappa shape index (κ2) is 5.11. The van der Waals surface area contributed by atoms with Crippen molar-refractivity contribution in [2.75, 3.05) is 11.4 Å². The smallest absolute Gasteiger partial charge is 0.183 e. The summed E-state index contributed by atoms with van der Waals surface area (Å²) in [6.45, 7) is 3.13. The van der Waals surface area contributed by atoms with E-state index < -0.39 is 0 Å². The first-order chi connectivity index (χ1) is 9.31. The molecular formula is C13H20N6. The molecule has 2 aromatic rings. The number of rotatable bonds is 3. The van der Waals surface area contributed by atoms with Crippen LogP contribution in [0.5, 0.6) is 0 Å². The van der Waals surface area contributed by atoms with Crippen molar-refractivity contribution in [3.05, 3.63) is 6.33 Å². The van der Waals surface area contributed by atoms with E-state index in [1.807, 2.05) is 7.05 Å². The number of hydrogen-bond donors (Lipinski definition) is 0. The second-order valence-corrected chi connectivity index (χ2v) is 5.16. The predicted octanol–water partition coefficient (Wildman–Crippen LogP) is 1.92. The Balaban J connectivity index is 2.00. The number of fused-ring (bicyclic) bond motifs is 1. The summed E-state index contributed by atoms with van der Waals surface area (Å²) >= 11 is 0. The molecule has 0 unspecified atom stereocenters. The van der Waals surface area contributed by atoms with Gasteiger partial charge in [0.1, 0.15) is 6.33 Å². The standard InChI is InChI=1S/C13H20N6/c1-3-19(10-7-5-4-6-8-10)13-11-12(14-9-15-13)18(2)17-16-11/h9-10H,3-8H2,1-2H3. The van der Waals surface area contributed by atoms with Crippen LogP contribution in [0.1, 0.15) is 39.0 Å². The van der Waals surface area contributed by atoms with Crippen molar-refractivity contribution in [2.24, 2.45) is 7.05 Å². The van der Waals surface area contributed by atoms with E-state index in [9.17, 15) is 0 Å². The Morgan fingerprint density at radius 1 is 1.26 bits per heavy atom. The lowest BCUT2D eigenvalue weighted by Gasteiger charge is -2.34. The summed E-state index contributed by atoms with van der Waals surface area (Å²) in [5.74, 6) is 0.938. The van der Waals surface area contributed by atoms with Crippen LogP contribution >= 0.6 is 0 Å². The molecule has 0 N–H and O–H groups in total. The molecule has 1 saturated carbocycles. The highest BCUT2D eigenvalue weighted by atomic mass is 15.4. The average molecular weight is 260 g/mol. The molecule has 2 heterocycles. The topological polar surface area (TPSA) is 59.7 Å². The summed E-state index contributed by atoms with van der Waals surface area (Å²) < 4.78 is 1.70. The minimum Gasteiger partial charge on any atom is -0.352 e. The molecule has 0 aromatic carbocycles. The minimum absolute atomic E-state index is 0.582. The summed E-state index contributed by atoms with van der Waals surface area (Å²) in [6, 6.07) is 0.582. The average Bonchev–Trinajstić information content (AvgIpc) is 2.84. The molecule has 102 valence electrons. The van der Waals surface area contributed by atoms with Gasteiger partial charge in [0.15, 0.2) is 17.0 Å². The van der Waals surface area contributed by atoms with Crippen molar-refractivity contribution in [1.82, 2.24) is 25.0 Å². The first-order valence-corrected chi connectivity index (χ1v) is 7.08. The van der Waals surface area contributed by atoms with Crippen LogP contribution in [0.25, 0.3) is 11.2 Å². The van der Waals surface area contributed by atoms with Crippen LogP contribution in [0.4, 0.5) is 5.82 Å². The lowest BCUT2D eigenvalue weighted by Crippen LogP contribution is -2.37. The van der Waals surface area contributed by atoms with Gasteiger partial charge >= 0.3 is 0 Å². The highest BCUT2D eigenvalue weighted by Crippen LogP contribution is 2.28. The molecule has 0 radical (unpaired) electrons. The van der Waals surface area contributed by atoms with Crippen molar-refractivity contribution in [1.29, 1.82) is 0 Å². The molecule has 6 heteroatoms. The lowest BCUT2D eigenvalue weighted by molar-refractivity contribution is 0.417. The minimum atomic E-state index is 0.582. The quantitative estimate of drug-likeness (QED) is 0.843. The SMILES string of the molecule is CCN(c1ncnc2c1nnn2C)C1CCCCC1. The van der Waals surface area contributed by atoms with E-state index in [4.69, 9.17) is 0 Å². The van der Waals surface area contributed by atoms with Gasteiger partial charge in [-0.25, -0.2) is 14.6 Å². The highest BCUT2D eigenvalue weighted by molar-refractivity contribution is 5.82. The summed E-state index contributed by atoms with van der Waals surface area (Å²) in [7, 11) is 1.86. The Bertz CT molecular complexity index is 557. The molecular weight excluding hydrogens is 240 g/mol. The molecule has 3 rings (SSSR count). The van der Waals surface area contributed by atoms with Crippen LogP contribution in [0.3, 0.4) is 0 Å². The Morgan fingerprint density at radius 2 is 2.05 bits per heavy atom. The Kier molecular flexibility index (Phi) is 3.31. The molecule has 0 spiro atoms. The fourth-order valence-electron chi connectivity index (χ4n) is 3.02. The predicted molar refractivity (Wildman–Crippen MR) is 74.0 cm³/mol. The molecule has 1 aliphatic rings. The fourth-order valence-corrected chi connectivity index (χ4v) is 3.02. The van der Waals surface area contributed by atoms with E-state index in [0.29, 0.717) is 6.04 Å². The van der Waals surface area contributed by atoms with E-state index in [0.717, 1.165) is 23.5 Å². The third-order valence-electron chi connectivity index (χ3n) is 4.00. The van der Waals surface area contributed by atoms with Gasteiger partial charge in [-0.3, -0.25) is 0 Å².